The van der Waals surface area contributed by atoms with Gasteiger partial charge in [0.2, 0.25) is 0 Å². The number of hydrogen-bond donors (Lipinski definition) is 3. The number of alkyl halides is 2. The van der Waals surface area contributed by atoms with Crippen molar-refractivity contribution >= 4 is 22.4 Å². The van der Waals surface area contributed by atoms with E-state index in [1.807, 2.05) is 12.1 Å². The third kappa shape index (κ3) is 3.43. The van der Waals surface area contributed by atoms with E-state index in [-0.39, 0.29) is 11.1 Å². The SMILES string of the molecule is CNc1ccc(-c2ccc(=N)n(C(=N)C(F)(F)c3ccc4ncccc4c3)n2)cc1. The van der Waals surface area contributed by atoms with Crippen LogP contribution in [0.2, 0.25) is 0 Å². The van der Waals surface area contributed by atoms with E-state index in [0.717, 1.165) is 5.69 Å². The number of benzene rings is 2. The van der Waals surface area contributed by atoms with Gasteiger partial charge in [0.05, 0.1) is 11.2 Å². The normalized spacial score (nSPS) is 11.4. The third-order valence-corrected chi connectivity index (χ3v) is 4.78. The molecule has 150 valence electrons. The molecular weight excluding hydrogens is 386 g/mol. The smallest absolute Gasteiger partial charge is 0.331 e. The summed E-state index contributed by atoms with van der Waals surface area (Å²) in [5.41, 5.74) is 1.90. The molecule has 8 heteroatoms. The van der Waals surface area contributed by atoms with Crippen LogP contribution in [0.1, 0.15) is 5.56 Å². The molecule has 4 aromatic rings. The highest BCUT2D eigenvalue weighted by molar-refractivity contribution is 5.90. The molecule has 0 spiro atoms. The van der Waals surface area contributed by atoms with Crippen molar-refractivity contribution in [2.75, 3.05) is 12.4 Å². The molecule has 0 amide bonds. The number of hydrogen-bond acceptors (Lipinski definition) is 5. The van der Waals surface area contributed by atoms with Gasteiger partial charge in [-0.1, -0.05) is 24.3 Å². The first-order valence-corrected chi connectivity index (χ1v) is 9.16. The van der Waals surface area contributed by atoms with E-state index in [4.69, 9.17) is 10.8 Å². The molecule has 2 aromatic heterocycles. The summed E-state index contributed by atoms with van der Waals surface area (Å²) in [6, 6.07) is 17.6. The number of fused-ring (bicyclic) bond motifs is 1. The van der Waals surface area contributed by atoms with Crippen LogP contribution in [0, 0.1) is 10.8 Å². The molecule has 0 saturated heterocycles. The number of rotatable bonds is 4. The Morgan fingerprint density at radius 2 is 1.80 bits per heavy atom. The van der Waals surface area contributed by atoms with Gasteiger partial charge in [-0.2, -0.15) is 18.6 Å². The Labute approximate surface area is 170 Å². The minimum atomic E-state index is -3.65. The van der Waals surface area contributed by atoms with E-state index in [2.05, 4.69) is 15.4 Å². The van der Waals surface area contributed by atoms with Gasteiger partial charge < -0.3 is 5.32 Å². The lowest BCUT2D eigenvalue weighted by Gasteiger charge is -2.19. The molecule has 0 aliphatic rings. The van der Waals surface area contributed by atoms with Gasteiger partial charge in [0.25, 0.3) is 0 Å². The Balaban J connectivity index is 1.74. The number of nitrogens with zero attached hydrogens (tertiary/aromatic N) is 3. The molecule has 30 heavy (non-hydrogen) atoms. The highest BCUT2D eigenvalue weighted by Gasteiger charge is 2.39. The number of pyridine rings is 1. The Bertz CT molecular complexity index is 1300. The van der Waals surface area contributed by atoms with Crippen molar-refractivity contribution in [3.05, 3.63) is 84.0 Å². The van der Waals surface area contributed by atoms with Crippen molar-refractivity contribution in [3.63, 3.8) is 0 Å². The first-order chi connectivity index (χ1) is 14.4. The fraction of sp³-hybridized carbons (Fsp3) is 0.0909. The molecule has 2 aromatic carbocycles. The third-order valence-electron chi connectivity index (χ3n) is 4.78. The second kappa shape index (κ2) is 7.47. The van der Waals surface area contributed by atoms with Crippen LogP contribution in [0.4, 0.5) is 14.5 Å². The van der Waals surface area contributed by atoms with E-state index in [1.54, 1.807) is 43.6 Å². The summed E-state index contributed by atoms with van der Waals surface area (Å²) in [4.78, 5) is 4.13. The zero-order chi connectivity index (χ0) is 21.3. The molecule has 0 atom stereocenters. The quantitative estimate of drug-likeness (QED) is 0.351. The Hall–Kier alpha value is -3.94. The second-order valence-corrected chi connectivity index (χ2v) is 6.68. The van der Waals surface area contributed by atoms with Crippen molar-refractivity contribution < 1.29 is 8.78 Å². The van der Waals surface area contributed by atoms with E-state index in [9.17, 15) is 0 Å². The summed E-state index contributed by atoms with van der Waals surface area (Å²) < 4.78 is 31.0. The average molecular weight is 404 g/mol. The summed E-state index contributed by atoms with van der Waals surface area (Å²) in [5, 5.41) is 23.8. The standard InChI is InChI=1S/C22H18F2N6/c1-27-17-7-4-14(5-8-17)19-10-11-20(25)30(29-19)21(26)22(23,24)16-6-9-18-15(13-16)3-2-12-28-18/h2-13,25-27H,1H3. The fourth-order valence-corrected chi connectivity index (χ4v) is 3.10. The molecule has 0 aliphatic heterocycles. The minimum Gasteiger partial charge on any atom is -0.388 e. The van der Waals surface area contributed by atoms with Gasteiger partial charge in [-0.3, -0.25) is 15.8 Å². The molecular formula is C22H18F2N6. The number of halogens is 2. The zero-order valence-corrected chi connectivity index (χ0v) is 16.0. The van der Waals surface area contributed by atoms with Crippen LogP contribution in [-0.2, 0) is 5.92 Å². The van der Waals surface area contributed by atoms with E-state index >= 15 is 8.78 Å². The molecule has 6 nitrogen and oxygen atoms in total. The van der Waals surface area contributed by atoms with Crippen LogP contribution in [0.5, 0.6) is 0 Å². The van der Waals surface area contributed by atoms with Gasteiger partial charge in [-0.15, -0.1) is 0 Å². The topological polar surface area (TPSA) is 90.4 Å². The van der Waals surface area contributed by atoms with Crippen LogP contribution < -0.4 is 10.8 Å². The summed E-state index contributed by atoms with van der Waals surface area (Å²) >= 11 is 0. The van der Waals surface area contributed by atoms with Gasteiger partial charge in [0.15, 0.2) is 5.84 Å². The predicted molar refractivity (Wildman–Crippen MR) is 112 cm³/mol. The number of nitrogens with one attached hydrogen (secondary N) is 3. The van der Waals surface area contributed by atoms with Crippen molar-refractivity contribution in [1.29, 1.82) is 10.8 Å². The molecule has 3 N–H and O–H groups in total. The highest BCUT2D eigenvalue weighted by atomic mass is 19.3. The van der Waals surface area contributed by atoms with Gasteiger partial charge in [-0.25, -0.2) is 0 Å². The highest BCUT2D eigenvalue weighted by Crippen LogP contribution is 2.31. The lowest BCUT2D eigenvalue weighted by atomic mass is 10.0. The largest absolute Gasteiger partial charge is 0.388 e. The number of aromatic nitrogens is 3. The molecule has 2 heterocycles. The fourth-order valence-electron chi connectivity index (χ4n) is 3.10. The average Bonchev–Trinajstić information content (AvgIpc) is 2.78. The molecule has 0 saturated carbocycles. The Kier molecular flexibility index (Phi) is 4.83. The maximum Gasteiger partial charge on any atom is 0.331 e. The van der Waals surface area contributed by atoms with Gasteiger partial charge >= 0.3 is 5.92 Å². The molecule has 0 bridgehead atoms. The van der Waals surface area contributed by atoms with Crippen LogP contribution in [0.25, 0.3) is 22.2 Å². The van der Waals surface area contributed by atoms with Crippen LogP contribution in [0.15, 0.2) is 72.9 Å². The maximum absolute atomic E-state index is 15.2. The molecule has 0 aliphatic carbocycles. The Morgan fingerprint density at radius 1 is 1.03 bits per heavy atom. The lowest BCUT2D eigenvalue weighted by molar-refractivity contribution is 0.0697. The van der Waals surface area contributed by atoms with E-state index in [0.29, 0.717) is 26.8 Å². The first kappa shape index (κ1) is 19.4. The van der Waals surface area contributed by atoms with E-state index in [1.165, 1.54) is 24.3 Å². The Morgan fingerprint density at radius 3 is 2.53 bits per heavy atom. The lowest BCUT2D eigenvalue weighted by Crippen LogP contribution is -2.39. The summed E-state index contributed by atoms with van der Waals surface area (Å²) in [5.74, 6) is -4.74. The van der Waals surface area contributed by atoms with Crippen LogP contribution in [0.3, 0.4) is 0 Å². The number of anilines is 1. The van der Waals surface area contributed by atoms with Crippen LogP contribution >= 0.6 is 0 Å². The van der Waals surface area contributed by atoms with Gasteiger partial charge in [0.1, 0.15) is 5.49 Å². The zero-order valence-electron chi connectivity index (χ0n) is 16.0. The molecule has 4 rings (SSSR count). The minimum absolute atomic E-state index is 0.308. The summed E-state index contributed by atoms with van der Waals surface area (Å²) in [6.45, 7) is 0. The van der Waals surface area contributed by atoms with E-state index < -0.39 is 11.8 Å². The van der Waals surface area contributed by atoms with Crippen molar-refractivity contribution in [2.24, 2.45) is 0 Å². The van der Waals surface area contributed by atoms with Crippen molar-refractivity contribution in [1.82, 2.24) is 14.8 Å². The monoisotopic (exact) mass is 404 g/mol. The first-order valence-electron chi connectivity index (χ1n) is 9.16. The van der Waals surface area contributed by atoms with Gasteiger partial charge in [0, 0.05) is 35.4 Å². The molecule has 0 fully saturated rings. The van der Waals surface area contributed by atoms with Crippen LogP contribution in [-0.4, -0.2) is 27.6 Å². The van der Waals surface area contributed by atoms with Crippen molar-refractivity contribution in [3.8, 4) is 11.3 Å². The van der Waals surface area contributed by atoms with Gasteiger partial charge in [-0.05, 0) is 42.5 Å². The van der Waals surface area contributed by atoms with Crippen molar-refractivity contribution in [2.45, 2.75) is 5.92 Å². The predicted octanol–water partition coefficient (Wildman–Crippen LogP) is 4.24. The molecule has 0 radical (unpaired) electrons. The summed E-state index contributed by atoms with van der Waals surface area (Å²) in [7, 11) is 1.79. The molecule has 0 unspecified atom stereocenters. The summed E-state index contributed by atoms with van der Waals surface area (Å²) in [6.07, 6.45) is 1.59. The second-order valence-electron chi connectivity index (χ2n) is 6.68. The maximum atomic E-state index is 15.2.